The summed E-state index contributed by atoms with van der Waals surface area (Å²) in [4.78, 5) is 15.9. The van der Waals surface area contributed by atoms with E-state index in [0.717, 1.165) is 31.5 Å². The third kappa shape index (κ3) is 4.48. The molecule has 0 aromatic heterocycles. The number of rotatable bonds is 6. The summed E-state index contributed by atoms with van der Waals surface area (Å²) < 4.78 is 0. The molecular formula is C17H26N2O2S. The normalized spacial score (nSPS) is 21.5. The van der Waals surface area contributed by atoms with Gasteiger partial charge in [-0.05, 0) is 70.2 Å². The van der Waals surface area contributed by atoms with Gasteiger partial charge in [-0.25, -0.2) is 0 Å². The molecule has 1 saturated heterocycles. The molecule has 0 saturated carbocycles. The Morgan fingerprint density at radius 2 is 2.09 bits per heavy atom. The Morgan fingerprint density at radius 1 is 1.41 bits per heavy atom. The van der Waals surface area contributed by atoms with Gasteiger partial charge in [-0.15, -0.1) is 11.8 Å². The molecule has 2 rings (SSSR count). The van der Waals surface area contributed by atoms with Crippen molar-refractivity contribution in [1.82, 2.24) is 4.90 Å². The van der Waals surface area contributed by atoms with E-state index in [1.807, 2.05) is 44.4 Å². The largest absolute Gasteiger partial charge is 0.393 e. The van der Waals surface area contributed by atoms with Crippen molar-refractivity contribution in [3.05, 3.63) is 24.3 Å². The van der Waals surface area contributed by atoms with E-state index in [9.17, 15) is 9.90 Å². The molecule has 1 aliphatic heterocycles. The summed E-state index contributed by atoms with van der Waals surface area (Å²) in [6.45, 7) is 4.69. The number of thioether (sulfide) groups is 1. The predicted molar refractivity (Wildman–Crippen MR) is 92.3 cm³/mol. The molecule has 122 valence electrons. The number of benzene rings is 1. The Bertz CT molecular complexity index is 490. The lowest BCUT2D eigenvalue weighted by molar-refractivity contribution is -0.121. The predicted octanol–water partition coefficient (Wildman–Crippen LogP) is 2.97. The molecule has 1 heterocycles. The fourth-order valence-corrected chi connectivity index (χ4v) is 3.49. The van der Waals surface area contributed by atoms with Crippen molar-refractivity contribution in [2.24, 2.45) is 0 Å². The van der Waals surface area contributed by atoms with E-state index >= 15 is 0 Å². The number of nitrogens with zero attached hydrogens (tertiary/aromatic N) is 1. The van der Waals surface area contributed by atoms with Crippen LogP contribution in [0.4, 0.5) is 5.69 Å². The molecule has 0 spiro atoms. The Morgan fingerprint density at radius 3 is 2.68 bits per heavy atom. The molecule has 1 aromatic carbocycles. The molecule has 1 aliphatic rings. The van der Waals surface area contributed by atoms with Crippen LogP contribution in [0.1, 0.15) is 33.1 Å². The summed E-state index contributed by atoms with van der Waals surface area (Å²) in [7, 11) is 0. The number of aliphatic hydroxyl groups excluding tert-OH is 1. The molecule has 5 heteroatoms. The SMILES string of the molecule is CSc1ccc(NC(=O)C(C)N2CCCC2CC(C)O)cc1. The number of hydrogen-bond acceptors (Lipinski definition) is 4. The summed E-state index contributed by atoms with van der Waals surface area (Å²) in [6, 6.07) is 8.03. The van der Waals surface area contributed by atoms with E-state index in [1.54, 1.807) is 11.8 Å². The monoisotopic (exact) mass is 322 g/mol. The molecule has 4 nitrogen and oxygen atoms in total. The number of likely N-dealkylation sites (tertiary alicyclic amines) is 1. The lowest BCUT2D eigenvalue weighted by atomic mass is 10.1. The van der Waals surface area contributed by atoms with E-state index in [2.05, 4.69) is 10.2 Å². The molecule has 22 heavy (non-hydrogen) atoms. The van der Waals surface area contributed by atoms with Gasteiger partial charge in [0.05, 0.1) is 12.1 Å². The van der Waals surface area contributed by atoms with Gasteiger partial charge < -0.3 is 10.4 Å². The minimum absolute atomic E-state index is 0.0226. The average Bonchev–Trinajstić information content (AvgIpc) is 2.94. The minimum atomic E-state index is -0.319. The number of anilines is 1. The highest BCUT2D eigenvalue weighted by molar-refractivity contribution is 7.98. The smallest absolute Gasteiger partial charge is 0.241 e. The van der Waals surface area contributed by atoms with Crippen molar-refractivity contribution in [2.75, 3.05) is 18.1 Å². The maximum Gasteiger partial charge on any atom is 0.241 e. The molecule has 1 amide bonds. The van der Waals surface area contributed by atoms with E-state index < -0.39 is 0 Å². The van der Waals surface area contributed by atoms with Crippen LogP contribution >= 0.6 is 11.8 Å². The highest BCUT2D eigenvalue weighted by atomic mass is 32.2. The lowest BCUT2D eigenvalue weighted by Gasteiger charge is -2.30. The zero-order valence-electron chi connectivity index (χ0n) is 13.6. The number of nitrogens with one attached hydrogen (secondary N) is 1. The van der Waals surface area contributed by atoms with Gasteiger partial charge >= 0.3 is 0 Å². The quantitative estimate of drug-likeness (QED) is 0.791. The summed E-state index contributed by atoms with van der Waals surface area (Å²) >= 11 is 1.68. The third-order valence-corrected chi connectivity index (χ3v) is 5.01. The number of carbonyl (C=O) groups excluding carboxylic acids is 1. The molecule has 1 aromatic rings. The van der Waals surface area contributed by atoms with Gasteiger partial charge in [-0.3, -0.25) is 9.69 Å². The Balaban J connectivity index is 1.95. The first-order valence-corrected chi connectivity index (χ1v) is 9.12. The van der Waals surface area contributed by atoms with E-state index in [-0.39, 0.29) is 18.1 Å². The Hall–Kier alpha value is -1.04. The van der Waals surface area contributed by atoms with Crippen LogP contribution in [-0.2, 0) is 4.79 Å². The standard InChI is InChI=1S/C17H26N2O2S/c1-12(20)11-15-5-4-10-19(15)13(2)17(21)18-14-6-8-16(22-3)9-7-14/h6-9,12-13,15,20H,4-5,10-11H2,1-3H3,(H,18,21). The van der Waals surface area contributed by atoms with Crippen LogP contribution in [0, 0.1) is 0 Å². The van der Waals surface area contributed by atoms with Crippen LogP contribution in [0.5, 0.6) is 0 Å². The summed E-state index contributed by atoms with van der Waals surface area (Å²) in [5.74, 6) is 0.0226. The molecule has 0 bridgehead atoms. The Labute approximate surface area is 137 Å². The number of amides is 1. The number of carbonyl (C=O) groups is 1. The van der Waals surface area contributed by atoms with Crippen molar-refractivity contribution in [3.63, 3.8) is 0 Å². The zero-order chi connectivity index (χ0) is 16.1. The van der Waals surface area contributed by atoms with Crippen LogP contribution in [0.25, 0.3) is 0 Å². The molecule has 3 unspecified atom stereocenters. The molecule has 3 atom stereocenters. The van der Waals surface area contributed by atoms with Crippen LogP contribution < -0.4 is 5.32 Å². The van der Waals surface area contributed by atoms with Gasteiger partial charge in [0.1, 0.15) is 0 Å². The minimum Gasteiger partial charge on any atom is -0.393 e. The average molecular weight is 322 g/mol. The zero-order valence-corrected chi connectivity index (χ0v) is 14.4. The van der Waals surface area contributed by atoms with E-state index in [1.165, 1.54) is 4.90 Å². The first-order valence-electron chi connectivity index (χ1n) is 7.90. The van der Waals surface area contributed by atoms with Gasteiger partial charge in [-0.2, -0.15) is 0 Å². The second-order valence-corrected chi connectivity index (χ2v) is 6.89. The van der Waals surface area contributed by atoms with E-state index in [0.29, 0.717) is 6.04 Å². The fraction of sp³-hybridized carbons (Fsp3) is 0.588. The summed E-state index contributed by atoms with van der Waals surface area (Å²) in [5.41, 5.74) is 0.834. The molecule has 0 radical (unpaired) electrons. The van der Waals surface area contributed by atoms with E-state index in [4.69, 9.17) is 0 Å². The van der Waals surface area contributed by atoms with Gasteiger partial charge in [0.25, 0.3) is 0 Å². The van der Waals surface area contributed by atoms with Gasteiger partial charge in [0, 0.05) is 16.6 Å². The molecule has 1 fully saturated rings. The van der Waals surface area contributed by atoms with Crippen molar-refractivity contribution >= 4 is 23.4 Å². The topological polar surface area (TPSA) is 52.6 Å². The first-order chi connectivity index (χ1) is 10.5. The third-order valence-electron chi connectivity index (χ3n) is 4.27. The highest BCUT2D eigenvalue weighted by Gasteiger charge is 2.32. The molecular weight excluding hydrogens is 296 g/mol. The van der Waals surface area contributed by atoms with Crippen LogP contribution in [0.15, 0.2) is 29.2 Å². The number of hydrogen-bond donors (Lipinski definition) is 2. The van der Waals surface area contributed by atoms with Crippen LogP contribution in [0.3, 0.4) is 0 Å². The van der Waals surface area contributed by atoms with Crippen LogP contribution in [-0.4, -0.2) is 46.9 Å². The van der Waals surface area contributed by atoms with Gasteiger partial charge in [0.2, 0.25) is 5.91 Å². The first kappa shape index (κ1) is 17.3. The molecule has 0 aliphatic carbocycles. The maximum atomic E-state index is 12.5. The van der Waals surface area contributed by atoms with Crippen LogP contribution in [0.2, 0.25) is 0 Å². The van der Waals surface area contributed by atoms with Gasteiger partial charge in [0.15, 0.2) is 0 Å². The van der Waals surface area contributed by atoms with Crippen molar-refractivity contribution in [2.45, 2.75) is 56.2 Å². The second-order valence-electron chi connectivity index (χ2n) is 6.01. The lowest BCUT2D eigenvalue weighted by Crippen LogP contribution is -2.45. The van der Waals surface area contributed by atoms with Crippen molar-refractivity contribution in [3.8, 4) is 0 Å². The van der Waals surface area contributed by atoms with Gasteiger partial charge in [-0.1, -0.05) is 0 Å². The summed E-state index contributed by atoms with van der Waals surface area (Å²) in [6.07, 6.45) is 4.60. The highest BCUT2D eigenvalue weighted by Crippen LogP contribution is 2.25. The van der Waals surface area contributed by atoms with Crippen molar-refractivity contribution in [1.29, 1.82) is 0 Å². The maximum absolute atomic E-state index is 12.5. The number of aliphatic hydroxyl groups is 1. The second kappa shape index (κ2) is 7.99. The van der Waals surface area contributed by atoms with Crippen molar-refractivity contribution < 1.29 is 9.90 Å². The molecule has 2 N–H and O–H groups in total. The summed E-state index contributed by atoms with van der Waals surface area (Å²) in [5, 5.41) is 12.6. The Kier molecular flexibility index (Phi) is 6.29. The fourth-order valence-electron chi connectivity index (χ4n) is 3.09.